The average Bonchev–Trinajstić information content (AvgIpc) is 2.98. The number of aliphatic hydroxyl groups excluding tert-OH is 1. The van der Waals surface area contributed by atoms with E-state index in [1.165, 1.54) is 23.9 Å². The molecule has 0 aliphatic carbocycles. The Balaban J connectivity index is 1.85. The molecule has 1 saturated heterocycles. The highest BCUT2D eigenvalue weighted by atomic mass is 32.2. The van der Waals surface area contributed by atoms with Crippen molar-refractivity contribution >= 4 is 23.6 Å². The van der Waals surface area contributed by atoms with Crippen LogP contribution in [-0.2, 0) is 16.0 Å². The molecule has 7 heteroatoms. The number of benzene rings is 1. The third-order valence-electron chi connectivity index (χ3n) is 4.59. The highest BCUT2D eigenvalue weighted by Crippen LogP contribution is 2.22. The van der Waals surface area contributed by atoms with Gasteiger partial charge in [-0.25, -0.2) is 4.39 Å². The number of carboxylic acid groups (broad SMARTS) is 1. The van der Waals surface area contributed by atoms with Gasteiger partial charge in [-0.1, -0.05) is 31.2 Å². The first-order chi connectivity index (χ1) is 12.9. The van der Waals surface area contributed by atoms with Crippen LogP contribution in [0.4, 0.5) is 4.39 Å². The Hall–Kier alpha value is -1.86. The minimum Gasteiger partial charge on any atom is -0.480 e. The molecule has 5 nitrogen and oxygen atoms in total. The maximum atomic E-state index is 12.9. The van der Waals surface area contributed by atoms with Crippen LogP contribution in [0.1, 0.15) is 31.7 Å². The maximum Gasteiger partial charge on any atom is 0.316 e. The zero-order valence-electron chi connectivity index (χ0n) is 15.4. The van der Waals surface area contributed by atoms with E-state index >= 15 is 0 Å². The number of likely N-dealkylation sites (tertiary alicyclic amines) is 1. The van der Waals surface area contributed by atoms with Crippen molar-refractivity contribution in [2.24, 2.45) is 0 Å². The number of carbonyl (C=O) groups excluding carboxylic acids is 1. The molecular weight excluding hydrogens is 369 g/mol. The van der Waals surface area contributed by atoms with Crippen molar-refractivity contribution in [2.45, 2.75) is 50.0 Å². The summed E-state index contributed by atoms with van der Waals surface area (Å²) in [5.74, 6) is -0.508. The van der Waals surface area contributed by atoms with Gasteiger partial charge < -0.3 is 15.1 Å². The van der Waals surface area contributed by atoms with Crippen molar-refractivity contribution < 1.29 is 24.2 Å². The molecule has 0 spiro atoms. The number of nitrogens with zero attached hydrogens (tertiary/aromatic N) is 1. The molecule has 0 radical (unpaired) electrons. The van der Waals surface area contributed by atoms with Crippen molar-refractivity contribution in [1.29, 1.82) is 0 Å². The molecule has 1 aromatic carbocycles. The lowest BCUT2D eigenvalue weighted by atomic mass is 10.1. The average molecular weight is 395 g/mol. The molecule has 3 atom stereocenters. The standard InChI is InChI=1S/C20H26FNO4S/c1-2-18(20(25)26)27-12-11-22-16(8-10-19(22)24)7-9-17(23)13-14-3-5-15(21)6-4-14/h3-7,9,16-18,23H,2,8,10-13H2,1H3,(H,25,26)/b9-7+/t16-,17+,18?/m0/s1. The third kappa shape index (κ3) is 6.66. The van der Waals surface area contributed by atoms with Gasteiger partial charge in [-0.2, -0.15) is 0 Å². The predicted octanol–water partition coefficient (Wildman–Crippen LogP) is 2.87. The quantitative estimate of drug-likeness (QED) is 0.596. The minimum atomic E-state index is -0.824. The van der Waals surface area contributed by atoms with Gasteiger partial charge in [0.2, 0.25) is 5.91 Å². The molecule has 27 heavy (non-hydrogen) atoms. The first-order valence-electron chi connectivity index (χ1n) is 9.15. The molecule has 1 aliphatic rings. The molecular formula is C20H26FNO4S. The monoisotopic (exact) mass is 395 g/mol. The van der Waals surface area contributed by atoms with Crippen molar-refractivity contribution in [1.82, 2.24) is 4.90 Å². The van der Waals surface area contributed by atoms with E-state index in [1.54, 1.807) is 23.1 Å². The third-order valence-corrected chi connectivity index (χ3v) is 5.94. The van der Waals surface area contributed by atoms with Gasteiger partial charge in [0.15, 0.2) is 0 Å². The fourth-order valence-electron chi connectivity index (χ4n) is 3.09. The summed E-state index contributed by atoms with van der Waals surface area (Å²) < 4.78 is 12.9. The summed E-state index contributed by atoms with van der Waals surface area (Å²) >= 11 is 1.35. The normalized spacial score (nSPS) is 19.6. The lowest BCUT2D eigenvalue weighted by Crippen LogP contribution is -2.34. The minimum absolute atomic E-state index is 0.0571. The second-order valence-corrected chi connectivity index (χ2v) is 7.89. The Morgan fingerprint density at radius 1 is 1.41 bits per heavy atom. The largest absolute Gasteiger partial charge is 0.480 e. The number of carbonyl (C=O) groups is 2. The van der Waals surface area contributed by atoms with Gasteiger partial charge in [-0.3, -0.25) is 9.59 Å². The van der Waals surface area contributed by atoms with E-state index in [1.807, 2.05) is 13.0 Å². The predicted molar refractivity (Wildman–Crippen MR) is 104 cm³/mol. The van der Waals surface area contributed by atoms with Crippen LogP contribution >= 0.6 is 11.8 Å². The molecule has 0 saturated carbocycles. The Morgan fingerprint density at radius 2 is 2.11 bits per heavy atom. The number of thioether (sulfide) groups is 1. The number of amides is 1. The fourth-order valence-corrected chi connectivity index (χ4v) is 4.05. The fraction of sp³-hybridized carbons (Fsp3) is 0.500. The van der Waals surface area contributed by atoms with Crippen molar-refractivity contribution in [3.05, 3.63) is 47.8 Å². The molecule has 1 fully saturated rings. The number of aliphatic carboxylic acids is 1. The van der Waals surface area contributed by atoms with Gasteiger partial charge in [-0.05, 0) is 30.5 Å². The van der Waals surface area contributed by atoms with Gasteiger partial charge in [0.05, 0.1) is 12.1 Å². The number of hydrogen-bond acceptors (Lipinski definition) is 4. The Labute approximate surface area is 163 Å². The van der Waals surface area contributed by atoms with E-state index < -0.39 is 17.3 Å². The van der Waals surface area contributed by atoms with Crippen LogP contribution in [0.2, 0.25) is 0 Å². The summed E-state index contributed by atoms with van der Waals surface area (Å²) in [6.07, 6.45) is 4.90. The molecule has 148 valence electrons. The maximum absolute atomic E-state index is 12.9. The second kappa shape index (κ2) is 10.5. The zero-order chi connectivity index (χ0) is 19.8. The second-order valence-electron chi connectivity index (χ2n) is 6.58. The van der Waals surface area contributed by atoms with Gasteiger partial charge in [-0.15, -0.1) is 11.8 Å². The summed E-state index contributed by atoms with van der Waals surface area (Å²) in [5, 5.41) is 18.8. The zero-order valence-corrected chi connectivity index (χ0v) is 16.2. The van der Waals surface area contributed by atoms with Crippen LogP contribution in [0.25, 0.3) is 0 Å². The molecule has 1 aromatic rings. The first kappa shape index (κ1) is 21.4. The highest BCUT2D eigenvalue weighted by molar-refractivity contribution is 8.00. The Morgan fingerprint density at radius 3 is 2.74 bits per heavy atom. The van der Waals surface area contributed by atoms with E-state index in [0.717, 1.165) is 5.56 Å². The molecule has 1 aliphatic heterocycles. The number of aliphatic hydroxyl groups is 1. The summed E-state index contributed by atoms with van der Waals surface area (Å²) in [5.41, 5.74) is 0.837. The number of halogens is 1. The van der Waals surface area contributed by atoms with Crippen LogP contribution in [-0.4, -0.2) is 56.7 Å². The van der Waals surface area contributed by atoms with E-state index in [0.29, 0.717) is 38.0 Å². The van der Waals surface area contributed by atoms with E-state index in [4.69, 9.17) is 5.11 Å². The van der Waals surface area contributed by atoms with Gasteiger partial charge in [0.1, 0.15) is 11.1 Å². The Bertz CT molecular complexity index is 664. The smallest absolute Gasteiger partial charge is 0.316 e. The van der Waals surface area contributed by atoms with Crippen LogP contribution in [0.5, 0.6) is 0 Å². The molecule has 1 amide bonds. The summed E-state index contributed by atoms with van der Waals surface area (Å²) in [7, 11) is 0. The van der Waals surface area contributed by atoms with Crippen LogP contribution in [0, 0.1) is 5.82 Å². The lowest BCUT2D eigenvalue weighted by Gasteiger charge is -2.23. The first-order valence-corrected chi connectivity index (χ1v) is 10.2. The SMILES string of the molecule is CCC(SCCN1C(=O)CC[C@@H]1/C=C/[C@@H](O)Cc1ccc(F)cc1)C(=O)O. The number of carboxylic acids is 1. The number of rotatable bonds is 10. The van der Waals surface area contributed by atoms with E-state index in [-0.39, 0.29) is 17.8 Å². The summed E-state index contributed by atoms with van der Waals surface area (Å²) in [6, 6.07) is 5.93. The summed E-state index contributed by atoms with van der Waals surface area (Å²) in [6.45, 7) is 2.33. The van der Waals surface area contributed by atoms with Crippen molar-refractivity contribution in [2.75, 3.05) is 12.3 Å². The molecule has 2 N–H and O–H groups in total. The van der Waals surface area contributed by atoms with Gasteiger partial charge in [0.25, 0.3) is 0 Å². The van der Waals surface area contributed by atoms with Crippen LogP contribution in [0.15, 0.2) is 36.4 Å². The topological polar surface area (TPSA) is 77.8 Å². The van der Waals surface area contributed by atoms with Crippen LogP contribution in [0.3, 0.4) is 0 Å². The molecule has 2 rings (SSSR count). The van der Waals surface area contributed by atoms with Gasteiger partial charge in [0, 0.05) is 25.1 Å². The van der Waals surface area contributed by atoms with Crippen molar-refractivity contribution in [3.8, 4) is 0 Å². The molecule has 1 heterocycles. The highest BCUT2D eigenvalue weighted by Gasteiger charge is 2.29. The van der Waals surface area contributed by atoms with E-state index in [9.17, 15) is 19.1 Å². The molecule has 1 unspecified atom stereocenters. The lowest BCUT2D eigenvalue weighted by molar-refractivity contribution is -0.136. The van der Waals surface area contributed by atoms with Crippen LogP contribution < -0.4 is 0 Å². The van der Waals surface area contributed by atoms with Gasteiger partial charge >= 0.3 is 5.97 Å². The molecule has 0 aromatic heterocycles. The Kier molecular flexibility index (Phi) is 8.31. The number of hydrogen-bond donors (Lipinski definition) is 2. The van der Waals surface area contributed by atoms with Crippen molar-refractivity contribution in [3.63, 3.8) is 0 Å². The van der Waals surface area contributed by atoms with E-state index in [2.05, 4.69) is 0 Å². The summed E-state index contributed by atoms with van der Waals surface area (Å²) in [4.78, 5) is 24.9. The molecule has 0 bridgehead atoms.